The number of nitrogens with zero attached hydrogens (tertiary/aromatic N) is 5. The number of rotatable bonds is 4. The maximum atomic E-state index is 13.0. The number of carbonyl (C=O) groups excluding carboxylic acids is 1. The molecule has 0 aliphatic carbocycles. The summed E-state index contributed by atoms with van der Waals surface area (Å²) in [5.74, 6) is 1.06. The average molecular weight is 420 g/mol. The van der Waals surface area contributed by atoms with Crippen LogP contribution in [-0.4, -0.2) is 98.5 Å². The first-order valence-electron chi connectivity index (χ1n) is 10.0. The van der Waals surface area contributed by atoms with Gasteiger partial charge in [-0.1, -0.05) is 0 Å². The molecule has 2 fully saturated rings. The minimum absolute atomic E-state index is 0.0674. The Bertz CT molecular complexity index is 1010. The van der Waals surface area contributed by atoms with Crippen molar-refractivity contribution in [2.45, 2.75) is 12.5 Å². The zero-order valence-electron chi connectivity index (χ0n) is 17.3. The quantitative estimate of drug-likeness (QED) is 0.733. The standard InChI is InChI=1S/C20H29N5O3S/c1-21(2)18-8-9-23(15-18)20(26)16-4-5-17-6-7-19(25(17)14-16)22-10-12-24(13-11-22)29(3,27)28/h4-7,14,18H,8-13,15H2,1-3H3. The van der Waals surface area contributed by atoms with Gasteiger partial charge in [0.2, 0.25) is 10.0 Å². The smallest absolute Gasteiger partial charge is 0.255 e. The van der Waals surface area contributed by atoms with E-state index in [1.807, 2.05) is 39.8 Å². The summed E-state index contributed by atoms with van der Waals surface area (Å²) < 4.78 is 27.1. The van der Waals surface area contributed by atoms with Gasteiger partial charge in [0.25, 0.3) is 5.91 Å². The van der Waals surface area contributed by atoms with Crippen LogP contribution >= 0.6 is 0 Å². The summed E-state index contributed by atoms with van der Waals surface area (Å²) in [6.45, 7) is 3.76. The van der Waals surface area contributed by atoms with Gasteiger partial charge in [-0.25, -0.2) is 8.42 Å². The van der Waals surface area contributed by atoms with Crippen molar-refractivity contribution < 1.29 is 13.2 Å². The van der Waals surface area contributed by atoms with Crippen LogP contribution in [-0.2, 0) is 10.0 Å². The summed E-state index contributed by atoms with van der Waals surface area (Å²) in [5, 5.41) is 0. The van der Waals surface area contributed by atoms with Crippen molar-refractivity contribution >= 4 is 27.3 Å². The Hall–Kier alpha value is -2.10. The second-order valence-electron chi connectivity index (χ2n) is 8.21. The van der Waals surface area contributed by atoms with Crippen LogP contribution in [0.1, 0.15) is 16.8 Å². The summed E-state index contributed by atoms with van der Waals surface area (Å²) >= 11 is 0. The highest BCUT2D eigenvalue weighted by atomic mass is 32.2. The molecule has 1 amide bonds. The summed E-state index contributed by atoms with van der Waals surface area (Å²) in [6, 6.07) is 8.35. The molecule has 8 nitrogen and oxygen atoms in total. The van der Waals surface area contributed by atoms with E-state index in [2.05, 4.69) is 23.9 Å². The summed E-state index contributed by atoms with van der Waals surface area (Å²) in [7, 11) is 0.959. The molecule has 1 unspecified atom stereocenters. The number of piperazine rings is 1. The Kier molecular flexibility index (Phi) is 5.30. The maximum absolute atomic E-state index is 13.0. The fourth-order valence-electron chi connectivity index (χ4n) is 4.25. The van der Waals surface area contributed by atoms with Gasteiger partial charge in [0.15, 0.2) is 0 Å². The van der Waals surface area contributed by atoms with Gasteiger partial charge in [0, 0.05) is 57.0 Å². The number of fused-ring (bicyclic) bond motifs is 1. The van der Waals surface area contributed by atoms with E-state index in [9.17, 15) is 13.2 Å². The molecule has 2 aliphatic rings. The molecule has 0 N–H and O–H groups in total. The molecule has 2 aliphatic heterocycles. The lowest BCUT2D eigenvalue weighted by Gasteiger charge is -2.34. The number of pyridine rings is 1. The zero-order chi connectivity index (χ0) is 20.8. The van der Waals surface area contributed by atoms with Gasteiger partial charge in [-0.15, -0.1) is 0 Å². The van der Waals surface area contributed by atoms with Gasteiger partial charge >= 0.3 is 0 Å². The van der Waals surface area contributed by atoms with Gasteiger partial charge in [0.1, 0.15) is 5.82 Å². The number of anilines is 1. The van der Waals surface area contributed by atoms with Crippen molar-refractivity contribution in [2.75, 3.05) is 64.5 Å². The van der Waals surface area contributed by atoms with Gasteiger partial charge in [-0.2, -0.15) is 4.31 Å². The molecule has 0 aromatic carbocycles. The van der Waals surface area contributed by atoms with Crippen LogP contribution in [0.15, 0.2) is 30.5 Å². The Labute approximate surface area is 172 Å². The summed E-state index contributed by atoms with van der Waals surface area (Å²) in [5.41, 5.74) is 1.71. The molecule has 0 saturated carbocycles. The fourth-order valence-corrected chi connectivity index (χ4v) is 5.08. The molecule has 0 spiro atoms. The van der Waals surface area contributed by atoms with E-state index >= 15 is 0 Å². The number of carbonyl (C=O) groups is 1. The lowest BCUT2D eigenvalue weighted by atomic mass is 10.2. The van der Waals surface area contributed by atoms with Crippen LogP contribution < -0.4 is 4.90 Å². The molecule has 9 heteroatoms. The highest BCUT2D eigenvalue weighted by Gasteiger charge is 2.29. The SMILES string of the molecule is CN(C)C1CCN(C(=O)c2ccc3ccc(N4CCN(S(C)(=O)=O)CC4)n3c2)C1. The van der Waals surface area contributed by atoms with Crippen LogP contribution in [0.2, 0.25) is 0 Å². The average Bonchev–Trinajstić information content (AvgIpc) is 3.34. The Morgan fingerprint density at radius 2 is 1.72 bits per heavy atom. The van der Waals surface area contributed by atoms with Crippen LogP contribution in [0.3, 0.4) is 0 Å². The topological polar surface area (TPSA) is 68.6 Å². The third-order valence-electron chi connectivity index (χ3n) is 6.09. The lowest BCUT2D eigenvalue weighted by Crippen LogP contribution is -2.48. The molecular formula is C20H29N5O3S. The molecule has 29 heavy (non-hydrogen) atoms. The third kappa shape index (κ3) is 3.99. The van der Waals surface area contributed by atoms with Crippen molar-refractivity contribution in [2.24, 2.45) is 0 Å². The normalized spacial score (nSPS) is 21.4. The molecule has 4 rings (SSSR count). The monoisotopic (exact) mass is 419 g/mol. The van der Waals surface area contributed by atoms with E-state index in [1.54, 1.807) is 0 Å². The predicted octanol–water partition coefficient (Wildman–Crippen LogP) is 0.797. The van der Waals surface area contributed by atoms with Crippen molar-refractivity contribution in [1.29, 1.82) is 0 Å². The van der Waals surface area contributed by atoms with Crippen molar-refractivity contribution in [3.63, 3.8) is 0 Å². The van der Waals surface area contributed by atoms with Gasteiger partial charge in [0.05, 0.1) is 11.8 Å². The van der Waals surface area contributed by atoms with Gasteiger partial charge in [-0.05, 0) is 44.8 Å². The van der Waals surface area contributed by atoms with Crippen LogP contribution in [0.4, 0.5) is 5.82 Å². The number of sulfonamides is 1. The molecular weight excluding hydrogens is 390 g/mol. The first-order chi connectivity index (χ1) is 13.7. The summed E-state index contributed by atoms with van der Waals surface area (Å²) in [4.78, 5) is 19.3. The van der Waals surface area contributed by atoms with E-state index in [-0.39, 0.29) is 5.91 Å². The molecule has 2 aromatic rings. The van der Waals surface area contributed by atoms with Crippen LogP contribution in [0, 0.1) is 0 Å². The highest BCUT2D eigenvalue weighted by molar-refractivity contribution is 7.88. The Morgan fingerprint density at radius 1 is 1.03 bits per heavy atom. The molecule has 2 saturated heterocycles. The lowest BCUT2D eigenvalue weighted by molar-refractivity contribution is 0.0782. The van der Waals surface area contributed by atoms with E-state index in [1.165, 1.54) is 10.6 Å². The van der Waals surface area contributed by atoms with E-state index in [4.69, 9.17) is 0 Å². The molecule has 2 aromatic heterocycles. The Balaban J connectivity index is 1.54. The largest absolute Gasteiger partial charge is 0.355 e. The Morgan fingerprint density at radius 3 is 2.34 bits per heavy atom. The van der Waals surface area contributed by atoms with Gasteiger partial charge < -0.3 is 19.1 Å². The maximum Gasteiger partial charge on any atom is 0.255 e. The number of aromatic nitrogens is 1. The van der Waals surface area contributed by atoms with E-state index in [0.29, 0.717) is 37.8 Å². The predicted molar refractivity (Wildman–Crippen MR) is 114 cm³/mol. The first-order valence-corrected chi connectivity index (χ1v) is 11.9. The van der Waals surface area contributed by atoms with Crippen molar-refractivity contribution in [3.8, 4) is 0 Å². The molecule has 1 atom stereocenters. The molecule has 158 valence electrons. The number of hydrogen-bond donors (Lipinski definition) is 0. The number of hydrogen-bond acceptors (Lipinski definition) is 5. The van der Waals surface area contributed by atoms with E-state index < -0.39 is 10.0 Å². The van der Waals surface area contributed by atoms with Crippen molar-refractivity contribution in [3.05, 3.63) is 36.0 Å². The summed E-state index contributed by atoms with van der Waals surface area (Å²) in [6.07, 6.45) is 4.17. The second kappa shape index (κ2) is 7.62. The van der Waals surface area contributed by atoms with Crippen molar-refractivity contribution in [1.82, 2.24) is 18.5 Å². The first kappa shape index (κ1) is 20.2. The van der Waals surface area contributed by atoms with Crippen LogP contribution in [0.5, 0.6) is 0 Å². The number of likely N-dealkylation sites (N-methyl/N-ethyl adjacent to an activating group) is 1. The zero-order valence-corrected chi connectivity index (χ0v) is 18.1. The molecule has 0 bridgehead atoms. The molecule has 0 radical (unpaired) electrons. The fraction of sp³-hybridized carbons (Fsp3) is 0.550. The molecule has 4 heterocycles. The highest BCUT2D eigenvalue weighted by Crippen LogP contribution is 2.23. The minimum Gasteiger partial charge on any atom is -0.355 e. The second-order valence-corrected chi connectivity index (χ2v) is 10.2. The van der Waals surface area contributed by atoms with Gasteiger partial charge in [-0.3, -0.25) is 4.79 Å². The van der Waals surface area contributed by atoms with E-state index in [0.717, 1.165) is 30.8 Å². The van der Waals surface area contributed by atoms with Crippen LogP contribution in [0.25, 0.3) is 5.52 Å². The third-order valence-corrected chi connectivity index (χ3v) is 7.39. The minimum atomic E-state index is -3.15. The number of amides is 1. The number of likely N-dealkylation sites (tertiary alicyclic amines) is 1.